The standard InChI is InChI=1S/C15H23BrClN/c1-4-7-18-14(8-11(2)3)9-12-5-6-13(16)10-15(12)17/h5-6,10-11,14,18H,4,7-9H2,1-3H3. The predicted octanol–water partition coefficient (Wildman–Crippen LogP) is 5.06. The van der Waals surface area contributed by atoms with E-state index in [1.165, 1.54) is 18.4 Å². The van der Waals surface area contributed by atoms with Crippen molar-refractivity contribution in [2.24, 2.45) is 5.92 Å². The second-order valence-electron chi connectivity index (χ2n) is 5.22. The number of benzene rings is 1. The van der Waals surface area contributed by atoms with Gasteiger partial charge in [0.05, 0.1) is 0 Å². The maximum atomic E-state index is 6.29. The van der Waals surface area contributed by atoms with Crippen LogP contribution >= 0.6 is 27.5 Å². The minimum atomic E-state index is 0.517. The number of hydrogen-bond donors (Lipinski definition) is 1. The summed E-state index contributed by atoms with van der Waals surface area (Å²) < 4.78 is 1.04. The van der Waals surface area contributed by atoms with Crippen molar-refractivity contribution in [3.8, 4) is 0 Å². The summed E-state index contributed by atoms with van der Waals surface area (Å²) in [6.07, 6.45) is 3.36. The van der Waals surface area contributed by atoms with Crippen LogP contribution in [0.5, 0.6) is 0 Å². The molecule has 0 bridgehead atoms. The van der Waals surface area contributed by atoms with Gasteiger partial charge in [-0.05, 0) is 49.4 Å². The van der Waals surface area contributed by atoms with Gasteiger partial charge < -0.3 is 5.32 Å². The molecule has 3 heteroatoms. The maximum Gasteiger partial charge on any atom is 0.0449 e. The lowest BCUT2D eigenvalue weighted by atomic mass is 9.97. The molecule has 0 saturated heterocycles. The average Bonchev–Trinajstić information content (AvgIpc) is 2.29. The molecule has 1 aromatic carbocycles. The molecule has 0 aliphatic heterocycles. The molecular formula is C15H23BrClN. The molecule has 1 rings (SSSR count). The Labute approximate surface area is 124 Å². The third-order valence-electron chi connectivity index (χ3n) is 2.92. The van der Waals surface area contributed by atoms with Crippen LogP contribution in [0, 0.1) is 5.92 Å². The van der Waals surface area contributed by atoms with Gasteiger partial charge in [-0.3, -0.25) is 0 Å². The molecule has 1 aromatic rings. The van der Waals surface area contributed by atoms with Crippen molar-refractivity contribution in [2.45, 2.75) is 46.1 Å². The fourth-order valence-electron chi connectivity index (χ4n) is 2.11. The van der Waals surface area contributed by atoms with Crippen LogP contribution in [0.4, 0.5) is 0 Å². The summed E-state index contributed by atoms with van der Waals surface area (Å²) in [7, 11) is 0. The van der Waals surface area contributed by atoms with Crippen molar-refractivity contribution in [1.82, 2.24) is 5.32 Å². The molecule has 1 N–H and O–H groups in total. The van der Waals surface area contributed by atoms with E-state index in [1.807, 2.05) is 6.07 Å². The van der Waals surface area contributed by atoms with E-state index in [-0.39, 0.29) is 0 Å². The van der Waals surface area contributed by atoms with E-state index >= 15 is 0 Å². The van der Waals surface area contributed by atoms with Gasteiger partial charge in [0.15, 0.2) is 0 Å². The highest BCUT2D eigenvalue weighted by molar-refractivity contribution is 9.10. The van der Waals surface area contributed by atoms with Crippen LogP contribution in [0.2, 0.25) is 5.02 Å². The number of rotatable bonds is 7. The maximum absolute atomic E-state index is 6.29. The van der Waals surface area contributed by atoms with Gasteiger partial charge >= 0.3 is 0 Å². The van der Waals surface area contributed by atoms with Gasteiger partial charge in [0.1, 0.15) is 0 Å². The molecule has 0 aliphatic rings. The fraction of sp³-hybridized carbons (Fsp3) is 0.600. The molecule has 0 spiro atoms. The SMILES string of the molecule is CCCNC(Cc1ccc(Br)cc1Cl)CC(C)C. The van der Waals surface area contributed by atoms with Crippen LogP contribution in [0.1, 0.15) is 39.2 Å². The van der Waals surface area contributed by atoms with Gasteiger partial charge in [-0.25, -0.2) is 0 Å². The Morgan fingerprint density at radius 2 is 2.06 bits per heavy atom. The third kappa shape index (κ3) is 5.73. The Hall–Kier alpha value is -0.0500. The lowest BCUT2D eigenvalue weighted by Gasteiger charge is -2.21. The minimum Gasteiger partial charge on any atom is -0.314 e. The Kier molecular flexibility index (Phi) is 7.28. The molecule has 0 saturated carbocycles. The molecule has 1 atom stereocenters. The Bertz CT molecular complexity index is 366. The van der Waals surface area contributed by atoms with E-state index in [9.17, 15) is 0 Å². The topological polar surface area (TPSA) is 12.0 Å². The van der Waals surface area contributed by atoms with Gasteiger partial charge in [-0.15, -0.1) is 0 Å². The molecule has 0 aliphatic carbocycles. The van der Waals surface area contributed by atoms with Crippen LogP contribution in [0.15, 0.2) is 22.7 Å². The molecule has 0 heterocycles. The highest BCUT2D eigenvalue weighted by Crippen LogP contribution is 2.23. The predicted molar refractivity (Wildman–Crippen MR) is 84.4 cm³/mol. The van der Waals surface area contributed by atoms with E-state index in [2.05, 4.69) is 54.2 Å². The highest BCUT2D eigenvalue weighted by Gasteiger charge is 2.12. The van der Waals surface area contributed by atoms with Crippen molar-refractivity contribution in [1.29, 1.82) is 0 Å². The molecule has 102 valence electrons. The summed E-state index contributed by atoms with van der Waals surface area (Å²) in [6.45, 7) is 7.81. The minimum absolute atomic E-state index is 0.517. The van der Waals surface area contributed by atoms with Crippen molar-refractivity contribution in [3.63, 3.8) is 0 Å². The van der Waals surface area contributed by atoms with Crippen molar-refractivity contribution >= 4 is 27.5 Å². The van der Waals surface area contributed by atoms with E-state index < -0.39 is 0 Å². The largest absolute Gasteiger partial charge is 0.314 e. The van der Waals surface area contributed by atoms with Crippen molar-refractivity contribution < 1.29 is 0 Å². The lowest BCUT2D eigenvalue weighted by molar-refractivity contribution is 0.416. The Morgan fingerprint density at radius 3 is 2.61 bits per heavy atom. The van der Waals surface area contributed by atoms with E-state index in [1.54, 1.807) is 0 Å². The monoisotopic (exact) mass is 331 g/mol. The summed E-state index contributed by atoms with van der Waals surface area (Å²) >= 11 is 9.73. The van der Waals surface area contributed by atoms with E-state index in [4.69, 9.17) is 11.6 Å². The van der Waals surface area contributed by atoms with Crippen LogP contribution in [0.3, 0.4) is 0 Å². The fourth-order valence-corrected chi connectivity index (χ4v) is 2.86. The molecule has 18 heavy (non-hydrogen) atoms. The average molecular weight is 333 g/mol. The van der Waals surface area contributed by atoms with Crippen LogP contribution in [0.25, 0.3) is 0 Å². The molecule has 1 unspecified atom stereocenters. The van der Waals surface area contributed by atoms with Gasteiger partial charge in [-0.1, -0.05) is 54.4 Å². The molecule has 0 radical (unpaired) electrons. The smallest absolute Gasteiger partial charge is 0.0449 e. The first kappa shape index (κ1) is 16.0. The summed E-state index contributed by atoms with van der Waals surface area (Å²) in [4.78, 5) is 0. The van der Waals surface area contributed by atoms with Crippen LogP contribution in [-0.4, -0.2) is 12.6 Å². The lowest BCUT2D eigenvalue weighted by Crippen LogP contribution is -2.33. The quantitative estimate of drug-likeness (QED) is 0.736. The van der Waals surface area contributed by atoms with Crippen molar-refractivity contribution in [3.05, 3.63) is 33.3 Å². The van der Waals surface area contributed by atoms with Crippen LogP contribution < -0.4 is 5.32 Å². The van der Waals surface area contributed by atoms with Crippen LogP contribution in [-0.2, 0) is 6.42 Å². The highest BCUT2D eigenvalue weighted by atomic mass is 79.9. The van der Waals surface area contributed by atoms with Gasteiger partial charge in [0, 0.05) is 15.5 Å². The number of nitrogens with one attached hydrogen (secondary N) is 1. The summed E-state index contributed by atoms with van der Waals surface area (Å²) in [5.74, 6) is 0.702. The molecular weight excluding hydrogens is 310 g/mol. The normalized spacial score (nSPS) is 13.0. The van der Waals surface area contributed by atoms with E-state index in [0.29, 0.717) is 12.0 Å². The molecule has 0 fully saturated rings. The molecule has 0 amide bonds. The zero-order valence-electron chi connectivity index (χ0n) is 11.5. The third-order valence-corrected chi connectivity index (χ3v) is 3.77. The van der Waals surface area contributed by atoms with Gasteiger partial charge in [0.25, 0.3) is 0 Å². The first-order valence-corrected chi connectivity index (χ1v) is 7.87. The number of halogens is 2. The van der Waals surface area contributed by atoms with Gasteiger partial charge in [-0.2, -0.15) is 0 Å². The summed E-state index contributed by atoms with van der Waals surface area (Å²) in [5.41, 5.74) is 1.23. The molecule has 1 nitrogen and oxygen atoms in total. The Morgan fingerprint density at radius 1 is 1.33 bits per heavy atom. The summed E-state index contributed by atoms with van der Waals surface area (Å²) in [5, 5.41) is 4.48. The zero-order chi connectivity index (χ0) is 13.5. The summed E-state index contributed by atoms with van der Waals surface area (Å²) in [6, 6.07) is 6.67. The Balaban J connectivity index is 2.68. The first-order valence-electron chi connectivity index (χ1n) is 6.70. The second kappa shape index (κ2) is 8.19. The van der Waals surface area contributed by atoms with Crippen molar-refractivity contribution in [2.75, 3.05) is 6.54 Å². The second-order valence-corrected chi connectivity index (χ2v) is 6.54. The van der Waals surface area contributed by atoms with Gasteiger partial charge in [0.2, 0.25) is 0 Å². The number of hydrogen-bond acceptors (Lipinski definition) is 1. The van der Waals surface area contributed by atoms with E-state index in [0.717, 1.165) is 22.5 Å². The first-order chi connectivity index (χ1) is 8.52. The molecule has 0 aromatic heterocycles. The zero-order valence-corrected chi connectivity index (χ0v) is 13.8.